The van der Waals surface area contributed by atoms with Crippen molar-refractivity contribution in [2.45, 2.75) is 51.2 Å². The zero-order valence-corrected chi connectivity index (χ0v) is 12.9. The number of hydrogen-bond acceptors (Lipinski definition) is 1. The zero-order valence-electron chi connectivity index (χ0n) is 9.31. The molecule has 0 atom stereocenters. The predicted octanol–water partition coefficient (Wildman–Crippen LogP) is 2.22. The Balaban J connectivity index is 3.46. The summed E-state index contributed by atoms with van der Waals surface area (Å²) in [5.41, 5.74) is 0. The van der Waals surface area contributed by atoms with Gasteiger partial charge in [-0.1, -0.05) is 32.1 Å². The predicted molar refractivity (Wildman–Crippen MR) is 66.1 cm³/mol. The summed E-state index contributed by atoms with van der Waals surface area (Å²) in [7, 11) is -1.65. The van der Waals surface area contributed by atoms with Crippen LogP contribution in [-0.2, 0) is 4.12 Å². The first-order chi connectivity index (χ1) is 5.48. The molecule has 0 spiro atoms. The monoisotopic (exact) mass is 220 g/mol. The van der Waals surface area contributed by atoms with Gasteiger partial charge in [0.2, 0.25) is 0 Å². The summed E-state index contributed by atoms with van der Waals surface area (Å²) in [6, 6.07) is 2.89. The lowest BCUT2D eigenvalue weighted by molar-refractivity contribution is 0.587. The third-order valence-corrected chi connectivity index (χ3v) is 9.50. The van der Waals surface area contributed by atoms with E-state index in [1.54, 1.807) is 0 Å². The second-order valence-corrected chi connectivity index (χ2v) is 13.6. The van der Waals surface area contributed by atoms with Crippen molar-refractivity contribution in [3.8, 4) is 0 Å². The summed E-state index contributed by atoms with van der Waals surface area (Å²) in [5.74, 6) is 0. The maximum atomic E-state index is 5.90. The molecule has 0 fully saturated rings. The Bertz CT molecular complexity index is 115. The molecule has 12 heavy (non-hydrogen) atoms. The summed E-state index contributed by atoms with van der Waals surface area (Å²) in [4.78, 5) is 0. The zero-order chi connectivity index (χ0) is 9.61. The smallest absolute Gasteiger partial charge is 0.172 e. The summed E-state index contributed by atoms with van der Waals surface area (Å²) in [6.07, 6.45) is 1.43. The highest BCUT2D eigenvalue weighted by molar-refractivity contribution is 6.75. The van der Waals surface area contributed by atoms with Crippen LogP contribution in [0.5, 0.6) is 0 Å². The molecule has 0 rings (SSSR count). The van der Waals surface area contributed by atoms with E-state index < -0.39 is 8.32 Å². The van der Waals surface area contributed by atoms with E-state index in [4.69, 9.17) is 4.12 Å². The van der Waals surface area contributed by atoms with Crippen molar-refractivity contribution in [3.63, 3.8) is 0 Å². The second kappa shape index (κ2) is 6.12. The van der Waals surface area contributed by atoms with E-state index in [9.17, 15) is 0 Å². The molecule has 0 radical (unpaired) electrons. The van der Waals surface area contributed by atoms with Gasteiger partial charge in [0.1, 0.15) is 9.76 Å². The highest BCUT2D eigenvalue weighted by Gasteiger charge is 2.20. The van der Waals surface area contributed by atoms with Crippen LogP contribution < -0.4 is 0 Å². The number of rotatable bonds is 6. The Morgan fingerprint density at radius 1 is 1.33 bits per heavy atom. The maximum Gasteiger partial charge on any atom is 0.172 e. The molecule has 4 heteroatoms. The Labute approximate surface area is 82.6 Å². The van der Waals surface area contributed by atoms with Crippen LogP contribution in [0, 0.1) is 0 Å². The summed E-state index contributed by atoms with van der Waals surface area (Å²) < 4.78 is 5.90. The van der Waals surface area contributed by atoms with Crippen LogP contribution in [0.3, 0.4) is 0 Å². The fourth-order valence-electron chi connectivity index (χ4n) is 1.40. The summed E-state index contributed by atoms with van der Waals surface area (Å²) in [5, 5.41) is 0. The molecule has 0 aromatic rings. The van der Waals surface area contributed by atoms with Gasteiger partial charge >= 0.3 is 0 Å². The largest absolute Gasteiger partial charge is 0.461 e. The van der Waals surface area contributed by atoms with Crippen molar-refractivity contribution < 1.29 is 4.12 Å². The average molecular weight is 221 g/mol. The van der Waals surface area contributed by atoms with Crippen molar-refractivity contribution in [2.24, 2.45) is 0 Å². The minimum absolute atomic E-state index is 0.164. The third kappa shape index (κ3) is 7.27. The molecule has 1 nitrogen and oxygen atoms in total. The van der Waals surface area contributed by atoms with Crippen molar-refractivity contribution in [1.29, 1.82) is 0 Å². The van der Waals surface area contributed by atoms with Crippen LogP contribution in [0.2, 0.25) is 44.8 Å². The van der Waals surface area contributed by atoms with E-state index in [0.29, 0.717) is 0 Å². The van der Waals surface area contributed by atoms with Gasteiger partial charge in [-0.3, -0.25) is 0 Å². The van der Waals surface area contributed by atoms with Gasteiger partial charge in [-0.25, -0.2) is 0 Å². The van der Waals surface area contributed by atoms with Crippen molar-refractivity contribution in [1.82, 2.24) is 0 Å². The van der Waals surface area contributed by atoms with E-state index in [0.717, 1.165) is 0 Å². The maximum absolute atomic E-state index is 5.90. The standard InChI is InChI=1S/C8H24OSi3/c1-10-9-12(4,5)8-6-7-11(2)3/h11H,6-8,10H2,1-5H3. The molecule has 0 aliphatic carbocycles. The Morgan fingerprint density at radius 3 is 2.33 bits per heavy atom. The lowest BCUT2D eigenvalue weighted by atomic mass is 10.6. The molecule has 0 bridgehead atoms. The second-order valence-electron chi connectivity index (χ2n) is 4.48. The van der Waals surface area contributed by atoms with Gasteiger partial charge < -0.3 is 4.12 Å². The van der Waals surface area contributed by atoms with Gasteiger partial charge in [0.25, 0.3) is 0 Å². The van der Waals surface area contributed by atoms with Crippen LogP contribution in [0.25, 0.3) is 0 Å². The first kappa shape index (κ1) is 12.6. The van der Waals surface area contributed by atoms with Gasteiger partial charge in [-0.2, -0.15) is 0 Å². The van der Waals surface area contributed by atoms with Crippen molar-refractivity contribution in [3.05, 3.63) is 0 Å². The van der Waals surface area contributed by atoms with E-state index in [1.165, 1.54) is 18.5 Å². The van der Waals surface area contributed by atoms with Crippen LogP contribution in [0.4, 0.5) is 0 Å². The first-order valence-electron chi connectivity index (χ1n) is 5.12. The minimum Gasteiger partial charge on any atom is -0.461 e. The highest BCUT2D eigenvalue weighted by Crippen LogP contribution is 2.15. The quantitative estimate of drug-likeness (QED) is 0.624. The molecule has 0 saturated carbocycles. The van der Waals surface area contributed by atoms with Gasteiger partial charge in [0.15, 0.2) is 8.32 Å². The minimum atomic E-state index is -1.19. The van der Waals surface area contributed by atoms with Crippen molar-refractivity contribution >= 4 is 26.9 Å². The molecule has 0 heterocycles. The van der Waals surface area contributed by atoms with E-state index >= 15 is 0 Å². The molecular weight excluding hydrogens is 196 g/mol. The van der Waals surface area contributed by atoms with Crippen LogP contribution in [-0.4, -0.2) is 26.9 Å². The van der Waals surface area contributed by atoms with Crippen molar-refractivity contribution in [2.75, 3.05) is 0 Å². The van der Waals surface area contributed by atoms with E-state index in [2.05, 4.69) is 32.7 Å². The molecule has 0 unspecified atom stereocenters. The Hall–Kier alpha value is 0.611. The van der Waals surface area contributed by atoms with Crippen LogP contribution in [0.15, 0.2) is 0 Å². The normalized spacial score (nSPS) is 13.5. The van der Waals surface area contributed by atoms with Gasteiger partial charge in [0.05, 0.1) is 0 Å². The van der Waals surface area contributed by atoms with Gasteiger partial charge in [-0.05, 0) is 19.1 Å². The summed E-state index contributed by atoms with van der Waals surface area (Å²) >= 11 is 0. The third-order valence-electron chi connectivity index (χ3n) is 2.10. The molecule has 74 valence electrons. The molecule has 0 aliphatic heterocycles. The Morgan fingerprint density at radius 2 is 1.92 bits per heavy atom. The SMILES string of the molecule is C[SiH2]O[Si](C)(C)CCC[SiH](C)C. The molecule has 0 N–H and O–H groups in total. The topological polar surface area (TPSA) is 9.23 Å². The molecule has 0 aliphatic rings. The van der Waals surface area contributed by atoms with Crippen LogP contribution in [0.1, 0.15) is 6.42 Å². The first-order valence-corrected chi connectivity index (χ1v) is 13.3. The fraction of sp³-hybridized carbons (Fsp3) is 1.00. The molecular formula is C8H24OSi3. The highest BCUT2D eigenvalue weighted by atomic mass is 28.4. The van der Waals surface area contributed by atoms with Crippen LogP contribution >= 0.6 is 0 Å². The van der Waals surface area contributed by atoms with Gasteiger partial charge in [-0.15, -0.1) is 0 Å². The van der Waals surface area contributed by atoms with Gasteiger partial charge in [0, 0.05) is 8.80 Å². The lowest BCUT2D eigenvalue weighted by Gasteiger charge is -2.22. The lowest BCUT2D eigenvalue weighted by Crippen LogP contribution is -2.31. The fourth-order valence-corrected chi connectivity index (χ4v) is 7.59. The molecule has 0 amide bonds. The average Bonchev–Trinajstić information content (AvgIpc) is 1.85. The van der Waals surface area contributed by atoms with E-state index in [-0.39, 0.29) is 18.6 Å². The Kier molecular flexibility index (Phi) is 6.44. The number of hydrogen-bond donors (Lipinski definition) is 0. The summed E-state index contributed by atoms with van der Waals surface area (Å²) in [6.45, 7) is 11.8. The molecule has 0 saturated heterocycles. The molecule has 0 aromatic heterocycles. The molecule has 0 aromatic carbocycles. The van der Waals surface area contributed by atoms with E-state index in [1.807, 2.05) is 0 Å².